The molecule has 53 heavy (non-hydrogen) atoms. The van der Waals surface area contributed by atoms with Crippen molar-refractivity contribution in [3.63, 3.8) is 0 Å². The van der Waals surface area contributed by atoms with Gasteiger partial charge in [-0.2, -0.15) is 0 Å². The van der Waals surface area contributed by atoms with Crippen molar-refractivity contribution in [2.45, 2.75) is 162 Å². The van der Waals surface area contributed by atoms with Gasteiger partial charge >= 0.3 is 73.4 Å². The van der Waals surface area contributed by atoms with E-state index in [-0.39, 0.29) is 0 Å². The number of aryl methyl sites for hydroxylation is 6. The number of hydrogen-bond acceptors (Lipinski definition) is 2. The minimum absolute atomic E-state index is 0.385. The summed E-state index contributed by atoms with van der Waals surface area (Å²) >= 11 is -1.61. The van der Waals surface area contributed by atoms with Gasteiger partial charge in [-0.1, -0.05) is 101 Å². The number of halogens is 2. The fourth-order valence-electron chi connectivity index (χ4n) is 9.04. The quantitative estimate of drug-likeness (QED) is 0.203. The van der Waals surface area contributed by atoms with Crippen LogP contribution in [0.2, 0.25) is 0 Å². The Kier molecular flexibility index (Phi) is 20.1. The zero-order chi connectivity index (χ0) is 38.2. The Hall–Kier alpha value is -1.08. The van der Waals surface area contributed by atoms with Crippen LogP contribution in [0.4, 0.5) is 5.69 Å². The summed E-state index contributed by atoms with van der Waals surface area (Å²) in [5, 5.41) is 3.12. The van der Waals surface area contributed by atoms with E-state index in [0.29, 0.717) is 7.92 Å². The molecule has 0 spiro atoms. The van der Waals surface area contributed by atoms with Crippen molar-refractivity contribution < 1.29 is 13.5 Å². The average Bonchev–Trinajstić information content (AvgIpc) is 3.67. The van der Waals surface area contributed by atoms with E-state index in [9.17, 15) is 0 Å². The molecule has 0 bridgehead atoms. The maximum absolute atomic E-state index is 5.67. The molecular formula is C47H69Cl2N2PRu. The van der Waals surface area contributed by atoms with E-state index in [1.54, 1.807) is 77.0 Å². The summed E-state index contributed by atoms with van der Waals surface area (Å²) in [6.45, 7) is 20.3. The third-order valence-electron chi connectivity index (χ3n) is 11.6. The Balaban J connectivity index is 0.000000164. The van der Waals surface area contributed by atoms with Crippen LogP contribution in [0.25, 0.3) is 0 Å². The van der Waals surface area contributed by atoms with Crippen LogP contribution in [0.5, 0.6) is 0 Å². The normalized spacial score (nSPS) is 18.6. The number of nitrogens with zero attached hydrogens (tertiary/aromatic N) is 1. The van der Waals surface area contributed by atoms with Crippen molar-refractivity contribution in [3.8, 4) is 0 Å². The molecule has 0 amide bonds. The van der Waals surface area contributed by atoms with E-state index in [1.807, 2.05) is 34.9 Å². The third-order valence-corrected chi connectivity index (χ3v) is 17.6. The number of hydrogen-bond donors (Lipinski definition) is 1. The van der Waals surface area contributed by atoms with E-state index >= 15 is 0 Å². The fourth-order valence-corrected chi connectivity index (χ4v) is 15.5. The second-order valence-corrected chi connectivity index (χ2v) is 24.8. The Morgan fingerprint density at radius 1 is 0.623 bits per heavy atom. The molecule has 2 radical (unpaired) electrons. The van der Waals surface area contributed by atoms with Crippen molar-refractivity contribution in [2.75, 3.05) is 18.0 Å². The van der Waals surface area contributed by atoms with Crippen LogP contribution >= 0.6 is 27.3 Å². The molecule has 3 aromatic rings. The number of anilines is 1. The van der Waals surface area contributed by atoms with Gasteiger partial charge in [0.1, 0.15) is 0 Å². The van der Waals surface area contributed by atoms with Gasteiger partial charge in [0.2, 0.25) is 0 Å². The van der Waals surface area contributed by atoms with Gasteiger partial charge in [-0.05, 0) is 132 Å². The topological polar surface area (TPSA) is 15.3 Å². The molecule has 6 heteroatoms. The molecule has 4 fully saturated rings. The van der Waals surface area contributed by atoms with Gasteiger partial charge in [0.05, 0.1) is 0 Å². The van der Waals surface area contributed by atoms with Crippen LogP contribution in [-0.2, 0) is 13.5 Å². The van der Waals surface area contributed by atoms with E-state index in [0.717, 1.165) is 18.7 Å². The zero-order valence-electron chi connectivity index (χ0n) is 34.0. The fraction of sp³-hybridized carbons (Fsp3) is 0.574. The van der Waals surface area contributed by atoms with Crippen LogP contribution in [0.15, 0.2) is 54.6 Å². The molecule has 2 nitrogen and oxygen atoms in total. The van der Waals surface area contributed by atoms with E-state index < -0.39 is 13.5 Å². The Morgan fingerprint density at radius 3 is 1.42 bits per heavy atom. The van der Waals surface area contributed by atoms with E-state index in [1.165, 1.54) is 80.9 Å². The predicted molar refractivity (Wildman–Crippen MR) is 235 cm³/mol. The molecule has 0 atom stereocenters. The summed E-state index contributed by atoms with van der Waals surface area (Å²) in [7, 11) is 11.7. The van der Waals surface area contributed by atoms with Crippen LogP contribution in [0.1, 0.15) is 141 Å². The Bertz CT molecular complexity index is 1440. The minimum atomic E-state index is -1.61. The van der Waals surface area contributed by atoms with Crippen molar-refractivity contribution in [3.05, 3.63) is 106 Å². The van der Waals surface area contributed by atoms with Crippen LogP contribution in [0.3, 0.4) is 0 Å². The molecule has 4 aliphatic rings. The second-order valence-electron chi connectivity index (χ2n) is 16.0. The van der Waals surface area contributed by atoms with Crippen molar-refractivity contribution in [1.82, 2.24) is 5.32 Å². The summed E-state index contributed by atoms with van der Waals surface area (Å²) in [4.78, 5) is 2.17. The second kappa shape index (κ2) is 23.9. The zero-order valence-corrected chi connectivity index (χ0v) is 38.2. The summed E-state index contributed by atoms with van der Waals surface area (Å²) in [6, 6.07) is 18.8. The van der Waals surface area contributed by atoms with Crippen LogP contribution in [0, 0.1) is 55.1 Å². The molecule has 1 N–H and O–H groups in total. The first kappa shape index (κ1) is 44.6. The number of nitrogens with one attached hydrogen (secondary N) is 1. The first-order valence-corrected chi connectivity index (χ1v) is 27.6. The van der Waals surface area contributed by atoms with Crippen LogP contribution in [-0.4, -0.2) is 34.7 Å². The van der Waals surface area contributed by atoms with Gasteiger partial charge in [0.25, 0.3) is 0 Å². The molecule has 0 aromatic heterocycles. The summed E-state index contributed by atoms with van der Waals surface area (Å²) < 4.78 is 1.92. The molecule has 3 aliphatic carbocycles. The summed E-state index contributed by atoms with van der Waals surface area (Å²) in [6.07, 6.45) is 23.6. The monoisotopic (exact) mass is 864 g/mol. The average molecular weight is 865 g/mol. The SMILES string of the molecule is C1CCC(P(C2CCCCC2)C2CCCCC2)CC1.Cc1cc(C)c(C)c(C)c1.Cc1cc(C)c(N2[C]NCC2)c(C)c1.[Cl][Ru]([Cl])=[CH]c1ccccc1. The van der Waals surface area contributed by atoms with Gasteiger partial charge in [0.15, 0.2) is 6.67 Å². The first-order chi connectivity index (χ1) is 25.5. The molecule has 3 aromatic carbocycles. The molecule has 1 saturated heterocycles. The molecule has 7 rings (SSSR count). The molecular weight excluding hydrogens is 795 g/mol. The van der Waals surface area contributed by atoms with Crippen molar-refractivity contribution in [1.29, 1.82) is 0 Å². The molecule has 3 saturated carbocycles. The summed E-state index contributed by atoms with van der Waals surface area (Å²) in [5.41, 5.74) is 15.6. The van der Waals surface area contributed by atoms with Crippen molar-refractivity contribution >= 4 is 37.6 Å². The van der Waals surface area contributed by atoms with Crippen LogP contribution < -0.4 is 10.2 Å². The number of benzene rings is 3. The maximum atomic E-state index is 5.67. The Morgan fingerprint density at radius 2 is 1.04 bits per heavy atom. The van der Waals surface area contributed by atoms with Gasteiger partial charge in [-0.25, -0.2) is 0 Å². The molecule has 1 heterocycles. The summed E-state index contributed by atoms with van der Waals surface area (Å²) in [5.74, 6) is 0. The van der Waals surface area contributed by atoms with Gasteiger partial charge in [-0.3, -0.25) is 5.32 Å². The molecule has 0 unspecified atom stereocenters. The standard InChI is InChI=1S/C18H33P.C12H16N2.C10H14.C7H6.2ClH.Ru/c1-4-10-16(11-5-1)19(17-12-6-2-7-13-17)18-14-8-3-9-15-18;1-9-6-10(2)12(11(3)7-9)14-5-4-13-8-14;1-7-5-8(2)10(4)9(3)6-7;1-7-5-3-2-4-6-7;;;/h16-18H,1-15H2;6-7,13H,4-5H2,1-3H3;5-6H,1-4H3;1-6H;2*1H;/q;;;;;;+2/p-2. The van der Waals surface area contributed by atoms with Gasteiger partial charge < -0.3 is 4.90 Å². The van der Waals surface area contributed by atoms with Crippen molar-refractivity contribution in [2.24, 2.45) is 0 Å². The molecule has 1 aliphatic heterocycles. The first-order valence-electron chi connectivity index (χ1n) is 20.6. The number of rotatable bonds is 5. The molecule has 294 valence electrons. The third kappa shape index (κ3) is 15.1. The predicted octanol–water partition coefficient (Wildman–Crippen LogP) is 14.2. The van der Waals surface area contributed by atoms with E-state index in [2.05, 4.69) is 89.6 Å². The Labute approximate surface area is 339 Å². The van der Waals surface area contributed by atoms with E-state index in [4.69, 9.17) is 19.4 Å². The van der Waals surface area contributed by atoms with Gasteiger partial charge in [0, 0.05) is 18.8 Å². The van der Waals surface area contributed by atoms with Gasteiger partial charge in [-0.15, -0.1) is 0 Å².